The van der Waals surface area contributed by atoms with Crippen molar-refractivity contribution in [1.82, 2.24) is 15.8 Å². The molecular formula is C19H19N3O4S. The van der Waals surface area contributed by atoms with Gasteiger partial charge in [-0.15, -0.1) is 11.3 Å². The van der Waals surface area contributed by atoms with Crippen LogP contribution in [0.25, 0.3) is 11.3 Å². The lowest BCUT2D eigenvalue weighted by atomic mass is 10.2. The van der Waals surface area contributed by atoms with E-state index in [4.69, 9.17) is 9.15 Å². The van der Waals surface area contributed by atoms with Gasteiger partial charge in [0.25, 0.3) is 5.91 Å². The molecule has 3 rings (SSSR count). The molecule has 0 unspecified atom stereocenters. The van der Waals surface area contributed by atoms with Crippen LogP contribution < -0.4 is 15.6 Å². The molecule has 0 aliphatic heterocycles. The van der Waals surface area contributed by atoms with Crippen molar-refractivity contribution in [3.05, 3.63) is 58.2 Å². The fraction of sp³-hybridized carbons (Fsp3) is 0.211. The summed E-state index contributed by atoms with van der Waals surface area (Å²) in [5.74, 6) is 1.18. The van der Waals surface area contributed by atoms with Crippen LogP contribution in [0.2, 0.25) is 0 Å². The number of amides is 2. The molecule has 2 amide bonds. The van der Waals surface area contributed by atoms with Gasteiger partial charge in [0.1, 0.15) is 5.75 Å². The van der Waals surface area contributed by atoms with Crippen LogP contribution in [0.1, 0.15) is 26.9 Å². The third-order valence-electron chi connectivity index (χ3n) is 3.77. The Morgan fingerprint density at radius 2 is 1.93 bits per heavy atom. The van der Waals surface area contributed by atoms with E-state index in [0.29, 0.717) is 22.9 Å². The number of methoxy groups -OCH3 is 1. The van der Waals surface area contributed by atoms with Crippen LogP contribution in [0.15, 0.2) is 47.0 Å². The zero-order chi connectivity index (χ0) is 19.2. The van der Waals surface area contributed by atoms with Crippen LogP contribution >= 0.6 is 11.3 Å². The molecule has 0 aliphatic rings. The van der Waals surface area contributed by atoms with Crippen molar-refractivity contribution in [2.24, 2.45) is 0 Å². The summed E-state index contributed by atoms with van der Waals surface area (Å²) in [6, 6.07) is 11.0. The van der Waals surface area contributed by atoms with Crippen molar-refractivity contribution in [3.63, 3.8) is 0 Å². The summed E-state index contributed by atoms with van der Waals surface area (Å²) in [6.07, 6.45) is 2.10. The second-order valence-corrected chi connectivity index (χ2v) is 7.05. The molecular weight excluding hydrogens is 366 g/mol. The van der Waals surface area contributed by atoms with E-state index in [1.54, 1.807) is 19.4 Å². The van der Waals surface area contributed by atoms with Gasteiger partial charge in [-0.25, -0.2) is 4.98 Å². The highest BCUT2D eigenvalue weighted by atomic mass is 32.1. The Balaban J connectivity index is 1.47. The van der Waals surface area contributed by atoms with E-state index in [2.05, 4.69) is 15.8 Å². The summed E-state index contributed by atoms with van der Waals surface area (Å²) >= 11 is 1.36. The Labute approximate surface area is 160 Å². The van der Waals surface area contributed by atoms with Crippen molar-refractivity contribution in [2.75, 3.05) is 7.11 Å². The van der Waals surface area contributed by atoms with E-state index < -0.39 is 0 Å². The van der Waals surface area contributed by atoms with E-state index in [1.165, 1.54) is 11.3 Å². The van der Waals surface area contributed by atoms with Gasteiger partial charge in [-0.2, -0.15) is 0 Å². The van der Waals surface area contributed by atoms with Gasteiger partial charge < -0.3 is 9.15 Å². The second kappa shape index (κ2) is 8.50. The molecule has 0 saturated heterocycles. The molecule has 2 N–H and O–H groups in total. The molecule has 0 radical (unpaired) electrons. The zero-order valence-corrected chi connectivity index (χ0v) is 15.8. The number of hydrogen-bond donors (Lipinski definition) is 2. The minimum absolute atomic E-state index is 0.145. The molecule has 7 nitrogen and oxygen atoms in total. The lowest BCUT2D eigenvalue weighted by Gasteiger charge is -2.05. The summed E-state index contributed by atoms with van der Waals surface area (Å²) in [4.78, 5) is 29.6. The van der Waals surface area contributed by atoms with Crippen LogP contribution in [-0.4, -0.2) is 23.9 Å². The average molecular weight is 385 g/mol. The van der Waals surface area contributed by atoms with Gasteiger partial charge in [0, 0.05) is 23.3 Å². The number of ether oxygens (including phenoxy) is 1. The van der Waals surface area contributed by atoms with Gasteiger partial charge in [-0.1, -0.05) is 0 Å². The molecule has 1 aromatic carbocycles. The topological polar surface area (TPSA) is 93.5 Å². The summed E-state index contributed by atoms with van der Waals surface area (Å²) in [7, 11) is 1.61. The first kappa shape index (κ1) is 18.7. The molecule has 0 saturated carbocycles. The standard InChI is InChI=1S/C19H19N3O4S/c1-12-3-8-16(27-12)19(24)22-21-17(23)9-10-18-20-11-15(26-18)13-4-6-14(25-2)7-5-13/h3-8,11H,9-10H2,1-2H3,(H,21,23)(H,22,24). The van der Waals surface area contributed by atoms with Crippen LogP contribution in [0, 0.1) is 6.92 Å². The number of nitrogens with zero attached hydrogens (tertiary/aromatic N) is 1. The molecule has 140 valence electrons. The SMILES string of the molecule is COc1ccc(-c2cnc(CCC(=O)NNC(=O)c3ccc(C)s3)o2)cc1. The highest BCUT2D eigenvalue weighted by molar-refractivity contribution is 7.13. The van der Waals surface area contributed by atoms with E-state index in [1.807, 2.05) is 37.3 Å². The maximum atomic E-state index is 11.9. The molecule has 0 bridgehead atoms. The molecule has 0 atom stereocenters. The molecule has 27 heavy (non-hydrogen) atoms. The van der Waals surface area contributed by atoms with Crippen molar-refractivity contribution in [1.29, 1.82) is 0 Å². The molecule has 0 spiro atoms. The fourth-order valence-corrected chi connectivity index (χ4v) is 3.10. The van der Waals surface area contributed by atoms with Crippen molar-refractivity contribution in [2.45, 2.75) is 19.8 Å². The second-order valence-electron chi connectivity index (χ2n) is 5.76. The smallest absolute Gasteiger partial charge is 0.279 e. The highest BCUT2D eigenvalue weighted by Crippen LogP contribution is 2.23. The fourth-order valence-electron chi connectivity index (χ4n) is 2.34. The van der Waals surface area contributed by atoms with Gasteiger partial charge >= 0.3 is 0 Å². The monoisotopic (exact) mass is 385 g/mol. The Morgan fingerprint density at radius 1 is 1.15 bits per heavy atom. The van der Waals surface area contributed by atoms with E-state index in [0.717, 1.165) is 16.2 Å². The number of carbonyl (C=O) groups is 2. The molecule has 8 heteroatoms. The van der Waals surface area contributed by atoms with Gasteiger partial charge in [0.15, 0.2) is 11.7 Å². The van der Waals surface area contributed by atoms with Crippen molar-refractivity contribution >= 4 is 23.2 Å². The molecule has 2 heterocycles. The van der Waals surface area contributed by atoms with Crippen LogP contribution in [0.5, 0.6) is 5.75 Å². The van der Waals surface area contributed by atoms with Gasteiger partial charge in [-0.05, 0) is 43.3 Å². The van der Waals surface area contributed by atoms with E-state index >= 15 is 0 Å². The third kappa shape index (κ3) is 4.95. The number of aromatic nitrogens is 1. The minimum atomic E-state index is -0.334. The predicted molar refractivity (Wildman–Crippen MR) is 101 cm³/mol. The highest BCUT2D eigenvalue weighted by Gasteiger charge is 2.11. The van der Waals surface area contributed by atoms with Gasteiger partial charge in [0.05, 0.1) is 18.2 Å². The first-order chi connectivity index (χ1) is 13.0. The lowest BCUT2D eigenvalue weighted by Crippen LogP contribution is -2.41. The Kier molecular flexibility index (Phi) is 5.87. The largest absolute Gasteiger partial charge is 0.497 e. The van der Waals surface area contributed by atoms with Crippen LogP contribution in [0.3, 0.4) is 0 Å². The molecule has 0 aliphatic carbocycles. The van der Waals surface area contributed by atoms with Crippen molar-refractivity contribution < 1.29 is 18.7 Å². The number of hydrazine groups is 1. The van der Waals surface area contributed by atoms with Crippen LogP contribution in [0.4, 0.5) is 0 Å². The number of benzene rings is 1. The van der Waals surface area contributed by atoms with Crippen molar-refractivity contribution in [3.8, 4) is 17.1 Å². The molecule has 2 aromatic heterocycles. The average Bonchev–Trinajstić information content (AvgIpc) is 3.33. The zero-order valence-electron chi connectivity index (χ0n) is 14.9. The van der Waals surface area contributed by atoms with Gasteiger partial charge in [-0.3, -0.25) is 20.4 Å². The van der Waals surface area contributed by atoms with Gasteiger partial charge in [0.2, 0.25) is 5.91 Å². The van der Waals surface area contributed by atoms with E-state index in [9.17, 15) is 9.59 Å². The Hall–Kier alpha value is -3.13. The summed E-state index contributed by atoms with van der Waals surface area (Å²) in [6.45, 7) is 1.91. The number of aryl methyl sites for hydroxylation is 2. The number of hydrogen-bond acceptors (Lipinski definition) is 6. The molecule has 3 aromatic rings. The summed E-state index contributed by atoms with van der Waals surface area (Å²) in [5.41, 5.74) is 5.67. The maximum Gasteiger partial charge on any atom is 0.279 e. The number of carbonyl (C=O) groups excluding carboxylic acids is 2. The summed E-state index contributed by atoms with van der Waals surface area (Å²) < 4.78 is 10.8. The molecule has 0 fully saturated rings. The number of oxazole rings is 1. The number of rotatable bonds is 6. The van der Waals surface area contributed by atoms with E-state index in [-0.39, 0.29) is 18.2 Å². The lowest BCUT2D eigenvalue weighted by molar-refractivity contribution is -0.121. The third-order valence-corrected chi connectivity index (χ3v) is 4.77. The minimum Gasteiger partial charge on any atom is -0.497 e. The Bertz CT molecular complexity index is 931. The van der Waals surface area contributed by atoms with Crippen LogP contribution in [-0.2, 0) is 11.2 Å². The first-order valence-electron chi connectivity index (χ1n) is 8.30. The summed E-state index contributed by atoms with van der Waals surface area (Å²) in [5, 5.41) is 0. The normalized spacial score (nSPS) is 10.4. The number of thiophene rings is 1. The quantitative estimate of drug-likeness (QED) is 0.636. The maximum absolute atomic E-state index is 11.9. The number of nitrogens with one attached hydrogen (secondary N) is 2. The Morgan fingerprint density at radius 3 is 2.59 bits per heavy atom. The first-order valence-corrected chi connectivity index (χ1v) is 9.11. The predicted octanol–water partition coefficient (Wildman–Crippen LogP) is 3.11.